The number of guanidine groups is 1. The van der Waals surface area contributed by atoms with Crippen LogP contribution in [0.2, 0.25) is 0 Å². The van der Waals surface area contributed by atoms with Crippen LogP contribution in [0, 0.1) is 5.92 Å². The van der Waals surface area contributed by atoms with Crippen LogP contribution in [0.1, 0.15) is 12.8 Å². The van der Waals surface area contributed by atoms with Gasteiger partial charge in [-0.25, -0.2) is 0 Å². The maximum atomic E-state index is 4.42. The van der Waals surface area contributed by atoms with Crippen LogP contribution >= 0.6 is 12.6 Å². The van der Waals surface area contributed by atoms with Crippen molar-refractivity contribution in [3.63, 3.8) is 0 Å². The van der Waals surface area contributed by atoms with Gasteiger partial charge in [-0.05, 0) is 24.5 Å². The fourth-order valence-electron chi connectivity index (χ4n) is 1.92. The summed E-state index contributed by atoms with van der Waals surface area (Å²) in [5.74, 6) is 2.98. The Morgan fingerprint density at radius 1 is 1.46 bits per heavy atom. The molecule has 0 radical (unpaired) electrons. The Hall–Kier alpha value is -0.380. The maximum absolute atomic E-state index is 4.42. The van der Waals surface area contributed by atoms with Gasteiger partial charge in [-0.3, -0.25) is 4.99 Å². The summed E-state index contributed by atoms with van der Waals surface area (Å²) in [6, 6.07) is 0. The van der Waals surface area contributed by atoms with Crippen molar-refractivity contribution < 1.29 is 0 Å². The monoisotopic (exact) mass is 199 g/mol. The molecule has 0 amide bonds. The minimum absolute atomic E-state index is 0.821. The molecule has 2 aliphatic rings. The predicted octanol–water partition coefficient (Wildman–Crippen LogP) is 0.587. The minimum atomic E-state index is 0.821. The highest BCUT2D eigenvalue weighted by atomic mass is 32.1. The quantitative estimate of drug-likeness (QED) is 0.605. The highest BCUT2D eigenvalue weighted by molar-refractivity contribution is 7.80. The van der Waals surface area contributed by atoms with E-state index in [0.29, 0.717) is 0 Å². The summed E-state index contributed by atoms with van der Waals surface area (Å²) < 4.78 is 0. The molecule has 0 spiro atoms. The van der Waals surface area contributed by atoms with E-state index in [2.05, 4.69) is 27.8 Å². The number of aliphatic imine (C=N–C) groups is 1. The number of hydrogen-bond donors (Lipinski definition) is 2. The fraction of sp³-hybridized carbons (Fsp3) is 0.889. The number of nitrogens with zero attached hydrogens (tertiary/aromatic N) is 2. The van der Waals surface area contributed by atoms with E-state index in [4.69, 9.17) is 0 Å². The van der Waals surface area contributed by atoms with Gasteiger partial charge in [-0.15, -0.1) is 0 Å². The molecule has 0 saturated carbocycles. The highest BCUT2D eigenvalue weighted by Gasteiger charge is 2.21. The number of thiol groups is 1. The number of nitrogens with one attached hydrogen (secondary N) is 1. The van der Waals surface area contributed by atoms with Gasteiger partial charge in [0.1, 0.15) is 0 Å². The van der Waals surface area contributed by atoms with Crippen LogP contribution in [0.4, 0.5) is 0 Å². The molecule has 2 aliphatic heterocycles. The van der Waals surface area contributed by atoms with E-state index in [1.165, 1.54) is 12.8 Å². The van der Waals surface area contributed by atoms with Crippen LogP contribution in [0.3, 0.4) is 0 Å². The van der Waals surface area contributed by atoms with Gasteiger partial charge in [-0.2, -0.15) is 12.6 Å². The Balaban J connectivity index is 1.83. The molecule has 0 aromatic carbocycles. The van der Waals surface area contributed by atoms with Gasteiger partial charge >= 0.3 is 0 Å². The molecule has 0 bridgehead atoms. The zero-order valence-electron chi connectivity index (χ0n) is 7.87. The van der Waals surface area contributed by atoms with Crippen molar-refractivity contribution in [3.05, 3.63) is 0 Å². The van der Waals surface area contributed by atoms with Crippen molar-refractivity contribution in [1.29, 1.82) is 0 Å². The lowest BCUT2D eigenvalue weighted by atomic mass is 9.99. The van der Waals surface area contributed by atoms with Crippen molar-refractivity contribution in [2.24, 2.45) is 10.9 Å². The average Bonchev–Trinajstić information content (AvgIpc) is 2.71. The van der Waals surface area contributed by atoms with Crippen molar-refractivity contribution in [2.45, 2.75) is 12.8 Å². The van der Waals surface area contributed by atoms with Crippen LogP contribution in [0.25, 0.3) is 0 Å². The zero-order valence-corrected chi connectivity index (χ0v) is 8.76. The van der Waals surface area contributed by atoms with Gasteiger partial charge in [0.25, 0.3) is 0 Å². The van der Waals surface area contributed by atoms with E-state index in [9.17, 15) is 0 Å². The van der Waals surface area contributed by atoms with Gasteiger partial charge in [0.05, 0.1) is 6.54 Å². The molecule has 0 aromatic rings. The second kappa shape index (κ2) is 4.22. The Morgan fingerprint density at radius 3 is 2.77 bits per heavy atom. The summed E-state index contributed by atoms with van der Waals surface area (Å²) in [6.45, 7) is 4.26. The number of rotatable bonds is 1. The number of likely N-dealkylation sites (tertiary alicyclic amines) is 1. The molecule has 13 heavy (non-hydrogen) atoms. The third kappa shape index (κ3) is 2.10. The molecular weight excluding hydrogens is 182 g/mol. The van der Waals surface area contributed by atoms with E-state index in [0.717, 1.165) is 43.8 Å². The second-order valence-corrected chi connectivity index (χ2v) is 4.11. The van der Waals surface area contributed by atoms with Gasteiger partial charge in [0, 0.05) is 19.6 Å². The Bertz CT molecular complexity index is 197. The zero-order chi connectivity index (χ0) is 9.10. The fourth-order valence-corrected chi connectivity index (χ4v) is 2.29. The molecule has 0 unspecified atom stereocenters. The van der Waals surface area contributed by atoms with Crippen LogP contribution in [-0.4, -0.2) is 42.8 Å². The lowest BCUT2D eigenvalue weighted by molar-refractivity contribution is 0.279. The second-order valence-electron chi connectivity index (χ2n) is 3.75. The molecule has 74 valence electrons. The van der Waals surface area contributed by atoms with Crippen molar-refractivity contribution in [2.75, 3.05) is 31.9 Å². The Kier molecular flexibility index (Phi) is 2.98. The van der Waals surface area contributed by atoms with Gasteiger partial charge in [0.15, 0.2) is 5.96 Å². The van der Waals surface area contributed by atoms with Crippen LogP contribution < -0.4 is 5.32 Å². The summed E-state index contributed by atoms with van der Waals surface area (Å²) in [4.78, 5) is 6.79. The largest absolute Gasteiger partial charge is 0.354 e. The summed E-state index contributed by atoms with van der Waals surface area (Å²) in [6.07, 6.45) is 2.54. The van der Waals surface area contributed by atoms with Crippen LogP contribution in [-0.2, 0) is 0 Å². The Morgan fingerprint density at radius 2 is 2.23 bits per heavy atom. The molecule has 2 heterocycles. The first-order chi connectivity index (χ1) is 6.40. The SMILES string of the molecule is SCC1CCN(C2=NCCN2)CC1. The third-order valence-electron chi connectivity index (χ3n) is 2.83. The van der Waals surface area contributed by atoms with Crippen LogP contribution in [0.5, 0.6) is 0 Å². The molecule has 0 atom stereocenters. The molecular formula is C9H17N3S. The minimum Gasteiger partial charge on any atom is -0.354 e. The average molecular weight is 199 g/mol. The van der Waals surface area contributed by atoms with Gasteiger partial charge < -0.3 is 10.2 Å². The van der Waals surface area contributed by atoms with E-state index in [1.807, 2.05) is 0 Å². The van der Waals surface area contributed by atoms with Crippen molar-refractivity contribution in [1.82, 2.24) is 10.2 Å². The third-order valence-corrected chi connectivity index (χ3v) is 3.35. The first-order valence-corrected chi connectivity index (χ1v) is 5.67. The van der Waals surface area contributed by atoms with Crippen molar-refractivity contribution in [3.8, 4) is 0 Å². The van der Waals surface area contributed by atoms with E-state index in [-0.39, 0.29) is 0 Å². The smallest absolute Gasteiger partial charge is 0.194 e. The molecule has 1 fully saturated rings. The molecule has 1 N–H and O–H groups in total. The first-order valence-electron chi connectivity index (χ1n) is 5.04. The lowest BCUT2D eigenvalue weighted by Gasteiger charge is -2.32. The molecule has 2 rings (SSSR count). The molecule has 0 aromatic heterocycles. The summed E-state index contributed by atoms with van der Waals surface area (Å²) in [5, 5.41) is 3.32. The van der Waals surface area contributed by atoms with Crippen LogP contribution in [0.15, 0.2) is 4.99 Å². The normalized spacial score (nSPS) is 24.4. The maximum Gasteiger partial charge on any atom is 0.194 e. The molecule has 1 saturated heterocycles. The lowest BCUT2D eigenvalue weighted by Crippen LogP contribution is -2.43. The van der Waals surface area contributed by atoms with Crippen molar-refractivity contribution >= 4 is 18.6 Å². The standard InChI is InChI=1S/C9H17N3S/c13-7-8-1-5-12(6-2-8)9-10-3-4-11-9/h8,13H,1-7H2,(H,10,11). The predicted molar refractivity (Wildman–Crippen MR) is 58.5 cm³/mol. The van der Waals surface area contributed by atoms with E-state index < -0.39 is 0 Å². The van der Waals surface area contributed by atoms with E-state index >= 15 is 0 Å². The van der Waals surface area contributed by atoms with Gasteiger partial charge in [-0.1, -0.05) is 0 Å². The highest BCUT2D eigenvalue weighted by Crippen LogP contribution is 2.18. The molecule has 0 aliphatic carbocycles. The summed E-state index contributed by atoms with van der Waals surface area (Å²) >= 11 is 4.34. The topological polar surface area (TPSA) is 27.6 Å². The number of piperidine rings is 1. The number of hydrogen-bond acceptors (Lipinski definition) is 4. The van der Waals surface area contributed by atoms with E-state index in [1.54, 1.807) is 0 Å². The molecule has 4 heteroatoms. The Labute approximate surface area is 85.0 Å². The summed E-state index contributed by atoms with van der Waals surface area (Å²) in [5.41, 5.74) is 0. The summed E-state index contributed by atoms with van der Waals surface area (Å²) in [7, 11) is 0. The first kappa shape index (κ1) is 9.19. The van der Waals surface area contributed by atoms with Gasteiger partial charge in [0.2, 0.25) is 0 Å². The molecule has 3 nitrogen and oxygen atoms in total.